The zero-order valence-corrected chi connectivity index (χ0v) is 20.0. The largest absolute Gasteiger partial charge is 0.493 e. The normalized spacial score (nSPS) is 11.3. The van der Waals surface area contributed by atoms with Crippen molar-refractivity contribution >= 4 is 29.3 Å². The lowest BCUT2D eigenvalue weighted by Crippen LogP contribution is -2.39. The molecule has 0 fully saturated rings. The molecule has 35 heavy (non-hydrogen) atoms. The number of esters is 1. The predicted octanol–water partition coefficient (Wildman–Crippen LogP) is 3.33. The summed E-state index contributed by atoms with van der Waals surface area (Å²) in [6.45, 7) is 4.29. The monoisotopic (exact) mass is 474 g/mol. The van der Waals surface area contributed by atoms with Gasteiger partial charge >= 0.3 is 11.7 Å². The maximum absolute atomic E-state index is 12.9. The van der Waals surface area contributed by atoms with E-state index in [2.05, 4.69) is 4.98 Å². The molecule has 0 spiro atoms. The first-order chi connectivity index (χ1) is 16.9. The second-order valence-corrected chi connectivity index (χ2v) is 7.78. The molecule has 0 aliphatic rings. The summed E-state index contributed by atoms with van der Waals surface area (Å²) in [5.74, 6) is 0.734. The first kappa shape index (κ1) is 23.7. The Kier molecular flexibility index (Phi) is 6.68. The summed E-state index contributed by atoms with van der Waals surface area (Å²) in [7, 11) is 3.24. The minimum Gasteiger partial charge on any atom is -0.493 e. The number of carbonyl (C=O) groups is 1. The predicted molar refractivity (Wildman–Crippen MR) is 134 cm³/mol. The molecule has 2 aromatic heterocycles. The van der Waals surface area contributed by atoms with Crippen LogP contribution >= 0.6 is 0 Å². The van der Waals surface area contributed by atoms with Gasteiger partial charge in [-0.3, -0.25) is 13.9 Å². The number of rotatable bonds is 7. The molecular weight excluding hydrogens is 448 g/mol. The molecule has 0 aliphatic heterocycles. The van der Waals surface area contributed by atoms with Gasteiger partial charge in [0.15, 0.2) is 22.7 Å². The molecule has 0 amide bonds. The number of ether oxygens (including phenoxy) is 2. The quantitative estimate of drug-likeness (QED) is 0.301. The Morgan fingerprint density at radius 1 is 0.971 bits per heavy atom. The second-order valence-electron chi connectivity index (χ2n) is 7.78. The smallest absolute Gasteiger partial charge is 0.343 e. The van der Waals surface area contributed by atoms with Gasteiger partial charge in [0.2, 0.25) is 0 Å². The summed E-state index contributed by atoms with van der Waals surface area (Å²) in [5.41, 5.74) is 1.20. The van der Waals surface area contributed by atoms with Crippen molar-refractivity contribution < 1.29 is 14.3 Å². The van der Waals surface area contributed by atoms with Crippen molar-refractivity contribution in [2.75, 3.05) is 7.11 Å². The number of hydrogen-bond donors (Lipinski definition) is 0. The summed E-state index contributed by atoms with van der Waals surface area (Å²) in [6.07, 6.45) is 3.56. The number of fused-ring (bicyclic) bond motifs is 1. The summed E-state index contributed by atoms with van der Waals surface area (Å²) in [5, 5.41) is 0. The molecule has 2 aromatic carbocycles. The summed E-state index contributed by atoms with van der Waals surface area (Å²) >= 11 is 0. The Balaban J connectivity index is 1.67. The number of hydrogen-bond acceptors (Lipinski definition) is 6. The van der Waals surface area contributed by atoms with E-state index >= 15 is 0 Å². The lowest BCUT2D eigenvalue weighted by molar-refractivity contribution is 0.0729. The molecular formula is C26H26N4O5. The van der Waals surface area contributed by atoms with E-state index in [1.54, 1.807) is 73.2 Å². The third kappa shape index (κ3) is 4.40. The molecule has 4 aromatic rings. The van der Waals surface area contributed by atoms with Crippen molar-refractivity contribution in [2.45, 2.75) is 26.9 Å². The summed E-state index contributed by atoms with van der Waals surface area (Å²) in [4.78, 5) is 42.5. The fraction of sp³-hybridized carbons (Fsp3) is 0.231. The van der Waals surface area contributed by atoms with Gasteiger partial charge in [-0.2, -0.15) is 0 Å². The fourth-order valence-corrected chi connectivity index (χ4v) is 3.87. The van der Waals surface area contributed by atoms with Crippen molar-refractivity contribution in [1.29, 1.82) is 0 Å². The first-order valence-corrected chi connectivity index (χ1v) is 11.2. The van der Waals surface area contributed by atoms with Gasteiger partial charge in [-0.15, -0.1) is 0 Å². The van der Waals surface area contributed by atoms with E-state index in [0.29, 0.717) is 40.6 Å². The van der Waals surface area contributed by atoms with Crippen LogP contribution in [0, 0.1) is 0 Å². The average Bonchev–Trinajstić information content (AvgIpc) is 3.20. The van der Waals surface area contributed by atoms with Crippen molar-refractivity contribution in [3.8, 4) is 11.5 Å². The summed E-state index contributed by atoms with van der Waals surface area (Å²) < 4.78 is 15.3. The fourth-order valence-electron chi connectivity index (χ4n) is 3.87. The molecule has 0 N–H and O–H groups in total. The molecule has 0 radical (unpaired) electrons. The van der Waals surface area contributed by atoms with E-state index in [1.807, 2.05) is 13.0 Å². The number of aromatic nitrogens is 4. The van der Waals surface area contributed by atoms with Gasteiger partial charge in [0, 0.05) is 20.1 Å². The van der Waals surface area contributed by atoms with Crippen LogP contribution in [0.15, 0.2) is 58.1 Å². The standard InChI is InChI=1S/C26H26N4O5/c1-5-29-23-22(24(31)30(6-2)26(29)33)28(3)21(27-23)15-13-17-12-14-19(20(16-17)34-4)35-25(32)18-10-8-7-9-11-18/h7-16H,5-6H2,1-4H3/b15-13+. The Bertz CT molecular complexity index is 1540. The molecule has 2 heterocycles. The SMILES string of the molecule is CCn1c(=O)c2c(nc(/C=C/c3ccc(OC(=O)c4ccccc4)c(OC)c3)n2C)n(CC)c1=O. The maximum atomic E-state index is 12.9. The average molecular weight is 475 g/mol. The number of imidazole rings is 1. The van der Waals surface area contributed by atoms with Gasteiger partial charge in [-0.25, -0.2) is 14.6 Å². The zero-order valence-electron chi connectivity index (χ0n) is 20.0. The minimum atomic E-state index is -0.480. The van der Waals surface area contributed by atoms with Gasteiger partial charge in [-0.05, 0) is 49.8 Å². The van der Waals surface area contributed by atoms with E-state index in [4.69, 9.17) is 9.47 Å². The van der Waals surface area contributed by atoms with Gasteiger partial charge < -0.3 is 14.0 Å². The molecule has 180 valence electrons. The Morgan fingerprint density at radius 3 is 2.34 bits per heavy atom. The van der Waals surface area contributed by atoms with Crippen LogP contribution in [0.5, 0.6) is 11.5 Å². The number of benzene rings is 2. The molecule has 0 bridgehead atoms. The Hall–Kier alpha value is -4.40. The van der Waals surface area contributed by atoms with E-state index in [9.17, 15) is 14.4 Å². The van der Waals surface area contributed by atoms with Gasteiger partial charge in [0.05, 0.1) is 12.7 Å². The van der Waals surface area contributed by atoms with Crippen LogP contribution in [0.25, 0.3) is 23.3 Å². The molecule has 9 heteroatoms. The summed E-state index contributed by atoms with van der Waals surface area (Å²) in [6, 6.07) is 13.9. The minimum absolute atomic E-state index is 0.283. The third-order valence-electron chi connectivity index (χ3n) is 5.73. The van der Waals surface area contributed by atoms with Crippen LogP contribution in [0.4, 0.5) is 0 Å². The van der Waals surface area contributed by atoms with Crippen LogP contribution in [0.1, 0.15) is 35.6 Å². The van der Waals surface area contributed by atoms with E-state index in [-0.39, 0.29) is 17.8 Å². The van der Waals surface area contributed by atoms with Crippen molar-refractivity contribution in [3.05, 3.63) is 86.3 Å². The van der Waals surface area contributed by atoms with E-state index in [1.165, 1.54) is 16.2 Å². The third-order valence-corrected chi connectivity index (χ3v) is 5.73. The molecule has 0 aliphatic carbocycles. The van der Waals surface area contributed by atoms with Gasteiger partial charge in [0.1, 0.15) is 5.82 Å². The highest BCUT2D eigenvalue weighted by Crippen LogP contribution is 2.29. The van der Waals surface area contributed by atoms with E-state index < -0.39 is 5.97 Å². The topological polar surface area (TPSA) is 97.3 Å². The molecule has 0 atom stereocenters. The number of methoxy groups -OCH3 is 1. The van der Waals surface area contributed by atoms with Crippen LogP contribution in [0.3, 0.4) is 0 Å². The van der Waals surface area contributed by atoms with Crippen molar-refractivity contribution in [2.24, 2.45) is 7.05 Å². The number of aryl methyl sites for hydroxylation is 2. The highest BCUT2D eigenvalue weighted by atomic mass is 16.6. The molecule has 0 unspecified atom stereocenters. The molecule has 0 saturated heterocycles. The van der Waals surface area contributed by atoms with Gasteiger partial charge in [-0.1, -0.05) is 30.3 Å². The highest BCUT2D eigenvalue weighted by Gasteiger charge is 2.18. The molecule has 9 nitrogen and oxygen atoms in total. The Morgan fingerprint density at radius 2 is 1.69 bits per heavy atom. The molecule has 0 saturated carbocycles. The lowest BCUT2D eigenvalue weighted by atomic mass is 10.2. The Labute approximate surface area is 201 Å². The van der Waals surface area contributed by atoms with Crippen LogP contribution < -0.4 is 20.7 Å². The maximum Gasteiger partial charge on any atom is 0.343 e. The second kappa shape index (κ2) is 9.84. The van der Waals surface area contributed by atoms with Crippen molar-refractivity contribution in [1.82, 2.24) is 18.7 Å². The van der Waals surface area contributed by atoms with Crippen LogP contribution in [0.2, 0.25) is 0 Å². The number of nitrogens with zero attached hydrogens (tertiary/aromatic N) is 4. The zero-order chi connectivity index (χ0) is 25.1. The first-order valence-electron chi connectivity index (χ1n) is 11.2. The van der Waals surface area contributed by atoms with Crippen LogP contribution in [-0.4, -0.2) is 31.8 Å². The van der Waals surface area contributed by atoms with Crippen molar-refractivity contribution in [3.63, 3.8) is 0 Å². The lowest BCUT2D eigenvalue weighted by Gasteiger charge is -2.10. The van der Waals surface area contributed by atoms with Crippen LogP contribution in [-0.2, 0) is 20.1 Å². The highest BCUT2D eigenvalue weighted by molar-refractivity contribution is 5.91. The molecule has 4 rings (SSSR count). The number of carbonyl (C=O) groups excluding carboxylic acids is 1. The van der Waals surface area contributed by atoms with Gasteiger partial charge in [0.25, 0.3) is 5.56 Å². The van der Waals surface area contributed by atoms with E-state index in [0.717, 1.165) is 5.56 Å².